The molecule has 3 rings (SSSR count). The van der Waals surface area contributed by atoms with Crippen molar-refractivity contribution in [1.29, 1.82) is 0 Å². The van der Waals surface area contributed by atoms with Crippen LogP contribution in [0.4, 0.5) is 0 Å². The van der Waals surface area contributed by atoms with Crippen molar-refractivity contribution >= 4 is 33.3 Å². The Bertz CT molecular complexity index is 710. The number of piperidine rings is 1. The molecule has 0 spiro atoms. The fourth-order valence-corrected chi connectivity index (χ4v) is 4.03. The first kappa shape index (κ1) is 16.2. The minimum Gasteiger partial charge on any atom is -0.315 e. The van der Waals surface area contributed by atoms with Gasteiger partial charge in [0.05, 0.1) is 10.4 Å². The average molecular weight is 328 g/mol. The Labute approximate surface area is 130 Å². The van der Waals surface area contributed by atoms with Gasteiger partial charge in [0.25, 0.3) is 0 Å². The molecule has 114 valence electrons. The molecule has 1 atom stereocenters. The van der Waals surface area contributed by atoms with Crippen LogP contribution in [-0.2, 0) is 10.0 Å². The van der Waals surface area contributed by atoms with E-state index < -0.39 is 10.0 Å². The van der Waals surface area contributed by atoms with Crippen molar-refractivity contribution in [2.24, 2.45) is 0 Å². The third kappa shape index (κ3) is 3.52. The number of sulfonamides is 1. The molecule has 2 N–H and O–H groups in total. The molecule has 0 bridgehead atoms. The number of pyridine rings is 1. The van der Waals surface area contributed by atoms with Crippen molar-refractivity contribution in [3.63, 3.8) is 0 Å². The van der Waals surface area contributed by atoms with Crippen molar-refractivity contribution < 1.29 is 8.42 Å². The second-order valence-corrected chi connectivity index (χ2v) is 6.67. The van der Waals surface area contributed by atoms with E-state index in [9.17, 15) is 8.42 Å². The number of halogens is 1. The molecule has 1 unspecified atom stereocenters. The molecule has 1 saturated heterocycles. The van der Waals surface area contributed by atoms with Gasteiger partial charge in [-0.05, 0) is 43.7 Å². The predicted octanol–water partition coefficient (Wildman–Crippen LogP) is 1.69. The largest absolute Gasteiger partial charge is 0.315 e. The van der Waals surface area contributed by atoms with Crippen LogP contribution >= 0.6 is 12.4 Å². The fraction of sp³-hybridized carbons (Fsp3) is 0.357. The Morgan fingerprint density at radius 2 is 2.10 bits per heavy atom. The van der Waals surface area contributed by atoms with Crippen LogP contribution in [0.3, 0.4) is 0 Å². The summed E-state index contributed by atoms with van der Waals surface area (Å²) in [5.41, 5.74) is 0.692. The number of nitrogens with one attached hydrogen (secondary N) is 2. The van der Waals surface area contributed by atoms with Gasteiger partial charge in [-0.2, -0.15) is 0 Å². The van der Waals surface area contributed by atoms with E-state index >= 15 is 0 Å². The summed E-state index contributed by atoms with van der Waals surface area (Å²) < 4.78 is 27.9. The predicted molar refractivity (Wildman–Crippen MR) is 85.2 cm³/mol. The van der Waals surface area contributed by atoms with Crippen LogP contribution < -0.4 is 10.0 Å². The summed E-state index contributed by atoms with van der Waals surface area (Å²) in [7, 11) is -3.52. The molecule has 1 aromatic carbocycles. The number of hydrogen-bond donors (Lipinski definition) is 2. The highest BCUT2D eigenvalue weighted by Crippen LogP contribution is 2.21. The van der Waals surface area contributed by atoms with Crippen LogP contribution in [0.5, 0.6) is 0 Å². The molecule has 0 saturated carbocycles. The minimum atomic E-state index is -3.52. The second kappa shape index (κ2) is 6.70. The molecule has 0 aliphatic carbocycles. The first-order valence-electron chi connectivity index (χ1n) is 6.74. The van der Waals surface area contributed by atoms with E-state index in [1.807, 2.05) is 6.07 Å². The zero-order chi connectivity index (χ0) is 14.0. The van der Waals surface area contributed by atoms with Gasteiger partial charge in [0.1, 0.15) is 0 Å². The monoisotopic (exact) mass is 327 g/mol. The maximum Gasteiger partial charge on any atom is 0.241 e. The normalized spacial score (nSPS) is 19.1. The molecule has 2 heterocycles. The lowest BCUT2D eigenvalue weighted by atomic mass is 10.1. The molecule has 0 radical (unpaired) electrons. The summed E-state index contributed by atoms with van der Waals surface area (Å²) in [6, 6.07) is 8.67. The van der Waals surface area contributed by atoms with Gasteiger partial charge in [0.2, 0.25) is 10.0 Å². The minimum absolute atomic E-state index is 0. The zero-order valence-electron chi connectivity index (χ0n) is 11.5. The number of nitrogens with zero attached hydrogens (tertiary/aromatic N) is 1. The molecule has 1 aliphatic rings. The van der Waals surface area contributed by atoms with Crippen molar-refractivity contribution in [3.05, 3.63) is 36.5 Å². The SMILES string of the molecule is Cl.O=S(=O)(NC1CCCNC1)c1cccc2ncccc12. The molecule has 2 aromatic rings. The van der Waals surface area contributed by atoms with Gasteiger partial charge in [0, 0.05) is 24.2 Å². The third-order valence-corrected chi connectivity index (χ3v) is 5.09. The molecule has 7 heteroatoms. The van der Waals surface area contributed by atoms with Gasteiger partial charge in [-0.1, -0.05) is 6.07 Å². The summed E-state index contributed by atoms with van der Waals surface area (Å²) in [5.74, 6) is 0. The van der Waals surface area contributed by atoms with Crippen LogP contribution in [-0.4, -0.2) is 32.5 Å². The van der Waals surface area contributed by atoms with Gasteiger partial charge in [0.15, 0.2) is 0 Å². The molecular formula is C14H18ClN3O2S. The van der Waals surface area contributed by atoms with Crippen LogP contribution in [0, 0.1) is 0 Å². The third-order valence-electron chi connectivity index (χ3n) is 3.51. The Hall–Kier alpha value is -1.21. The van der Waals surface area contributed by atoms with E-state index in [-0.39, 0.29) is 18.4 Å². The van der Waals surface area contributed by atoms with Crippen LogP contribution in [0.15, 0.2) is 41.4 Å². The highest BCUT2D eigenvalue weighted by atomic mass is 35.5. The number of rotatable bonds is 3. The molecular weight excluding hydrogens is 310 g/mol. The first-order valence-corrected chi connectivity index (χ1v) is 8.22. The van der Waals surface area contributed by atoms with Gasteiger partial charge in [-0.3, -0.25) is 4.98 Å². The van der Waals surface area contributed by atoms with E-state index in [0.29, 0.717) is 22.3 Å². The maximum atomic E-state index is 12.5. The highest BCUT2D eigenvalue weighted by molar-refractivity contribution is 7.89. The number of hydrogen-bond acceptors (Lipinski definition) is 4. The molecule has 0 amide bonds. The van der Waals surface area contributed by atoms with Gasteiger partial charge < -0.3 is 5.32 Å². The molecule has 1 aromatic heterocycles. The maximum absolute atomic E-state index is 12.5. The average Bonchev–Trinajstić information content (AvgIpc) is 2.47. The quantitative estimate of drug-likeness (QED) is 0.900. The number of benzene rings is 1. The van der Waals surface area contributed by atoms with E-state index in [4.69, 9.17) is 0 Å². The summed E-state index contributed by atoms with van der Waals surface area (Å²) in [6.07, 6.45) is 3.52. The lowest BCUT2D eigenvalue weighted by Gasteiger charge is -2.23. The molecule has 5 nitrogen and oxygen atoms in total. The van der Waals surface area contributed by atoms with E-state index in [2.05, 4.69) is 15.0 Å². The van der Waals surface area contributed by atoms with Crippen molar-refractivity contribution in [3.8, 4) is 0 Å². The van der Waals surface area contributed by atoms with Gasteiger partial charge in [-0.15, -0.1) is 12.4 Å². The summed E-state index contributed by atoms with van der Waals surface area (Å²) in [6.45, 7) is 1.64. The van der Waals surface area contributed by atoms with Crippen LogP contribution in [0.2, 0.25) is 0 Å². The lowest BCUT2D eigenvalue weighted by Crippen LogP contribution is -2.45. The van der Waals surface area contributed by atoms with Crippen molar-refractivity contribution in [2.75, 3.05) is 13.1 Å². The zero-order valence-corrected chi connectivity index (χ0v) is 13.1. The molecule has 21 heavy (non-hydrogen) atoms. The van der Waals surface area contributed by atoms with Gasteiger partial charge >= 0.3 is 0 Å². The smallest absolute Gasteiger partial charge is 0.241 e. The number of aromatic nitrogens is 1. The van der Waals surface area contributed by atoms with E-state index in [1.54, 1.807) is 30.5 Å². The lowest BCUT2D eigenvalue weighted by molar-refractivity contribution is 0.429. The number of fused-ring (bicyclic) bond motifs is 1. The highest BCUT2D eigenvalue weighted by Gasteiger charge is 2.23. The van der Waals surface area contributed by atoms with Gasteiger partial charge in [-0.25, -0.2) is 13.1 Å². The Balaban J connectivity index is 0.00000161. The second-order valence-electron chi connectivity index (χ2n) is 4.99. The topological polar surface area (TPSA) is 71.1 Å². The summed E-state index contributed by atoms with van der Waals surface area (Å²) in [5, 5.41) is 3.87. The van der Waals surface area contributed by atoms with Crippen LogP contribution in [0.25, 0.3) is 10.9 Å². The summed E-state index contributed by atoms with van der Waals surface area (Å²) >= 11 is 0. The molecule has 1 fully saturated rings. The van der Waals surface area contributed by atoms with Crippen molar-refractivity contribution in [1.82, 2.24) is 15.0 Å². The Morgan fingerprint density at radius 3 is 2.86 bits per heavy atom. The Kier molecular flexibility index (Phi) is 5.16. The first-order chi connectivity index (χ1) is 9.67. The fourth-order valence-electron chi connectivity index (χ4n) is 2.54. The van der Waals surface area contributed by atoms with E-state index in [1.165, 1.54) is 0 Å². The molecule has 1 aliphatic heterocycles. The van der Waals surface area contributed by atoms with Crippen LogP contribution in [0.1, 0.15) is 12.8 Å². The van der Waals surface area contributed by atoms with E-state index in [0.717, 1.165) is 19.4 Å². The summed E-state index contributed by atoms with van der Waals surface area (Å²) in [4.78, 5) is 4.50. The Morgan fingerprint density at radius 1 is 1.24 bits per heavy atom. The standard InChI is InChI=1S/C14H17N3O2S.ClH/c18-20(19,17-11-4-2-8-15-10-11)14-7-1-6-13-12(14)5-3-9-16-13;/h1,3,5-7,9,11,15,17H,2,4,8,10H2;1H. The van der Waals surface area contributed by atoms with Crippen molar-refractivity contribution in [2.45, 2.75) is 23.8 Å².